The maximum Gasteiger partial charge on any atom is 0.196 e. The number of hydrogen-bond acceptors (Lipinski definition) is 5. The van der Waals surface area contributed by atoms with Gasteiger partial charge in [0.1, 0.15) is 5.69 Å². The molecule has 1 aliphatic heterocycles. The van der Waals surface area contributed by atoms with E-state index in [1.165, 1.54) is 11.3 Å². The highest BCUT2D eigenvalue weighted by Gasteiger charge is 2.15. The standard InChI is InChI=1S/C10H13ClN2O2S/c11-6-9(14)8-7-16-10(12-8)13-2-1-4-15-5-3-13/h7H,1-6H2. The second-order valence-corrected chi connectivity index (χ2v) is 4.63. The van der Waals surface area contributed by atoms with Gasteiger partial charge in [-0.2, -0.15) is 0 Å². The summed E-state index contributed by atoms with van der Waals surface area (Å²) in [6.45, 7) is 3.29. The van der Waals surface area contributed by atoms with Gasteiger partial charge in [-0.25, -0.2) is 4.98 Å². The molecule has 2 heterocycles. The smallest absolute Gasteiger partial charge is 0.196 e. The van der Waals surface area contributed by atoms with Crippen LogP contribution < -0.4 is 4.90 Å². The molecule has 1 fully saturated rings. The molecule has 0 saturated carbocycles. The topological polar surface area (TPSA) is 42.4 Å². The number of hydrogen-bond donors (Lipinski definition) is 0. The Kier molecular flexibility index (Phi) is 4.15. The largest absolute Gasteiger partial charge is 0.380 e. The second-order valence-electron chi connectivity index (χ2n) is 3.53. The SMILES string of the molecule is O=C(CCl)c1csc(N2CCCOCC2)n1. The van der Waals surface area contributed by atoms with Crippen LogP contribution in [0.15, 0.2) is 5.38 Å². The average molecular weight is 261 g/mol. The Balaban J connectivity index is 2.08. The van der Waals surface area contributed by atoms with Crippen LogP contribution in [0, 0.1) is 0 Å². The molecule has 88 valence electrons. The summed E-state index contributed by atoms with van der Waals surface area (Å²) in [5.41, 5.74) is 0.472. The maximum absolute atomic E-state index is 11.3. The fourth-order valence-electron chi connectivity index (χ4n) is 1.54. The Morgan fingerprint density at radius 2 is 2.44 bits per heavy atom. The third kappa shape index (κ3) is 2.72. The minimum Gasteiger partial charge on any atom is -0.380 e. The minimum atomic E-state index is -0.116. The van der Waals surface area contributed by atoms with E-state index in [0.717, 1.165) is 37.9 Å². The first-order valence-electron chi connectivity index (χ1n) is 5.18. The van der Waals surface area contributed by atoms with Gasteiger partial charge in [-0.3, -0.25) is 4.79 Å². The quantitative estimate of drug-likeness (QED) is 0.614. The highest BCUT2D eigenvalue weighted by molar-refractivity contribution is 7.14. The number of rotatable bonds is 3. The molecule has 1 saturated heterocycles. The van der Waals surface area contributed by atoms with Crippen LogP contribution in [0.1, 0.15) is 16.9 Å². The van der Waals surface area contributed by atoms with Crippen LogP contribution >= 0.6 is 22.9 Å². The van der Waals surface area contributed by atoms with Gasteiger partial charge in [0.2, 0.25) is 0 Å². The Labute approximate surface area is 103 Å². The van der Waals surface area contributed by atoms with E-state index in [9.17, 15) is 4.79 Å². The first kappa shape index (κ1) is 11.8. The molecular formula is C10H13ClN2O2S. The highest BCUT2D eigenvalue weighted by atomic mass is 35.5. The zero-order valence-corrected chi connectivity index (χ0v) is 10.4. The maximum atomic E-state index is 11.3. The zero-order chi connectivity index (χ0) is 11.4. The molecule has 0 radical (unpaired) electrons. The summed E-state index contributed by atoms with van der Waals surface area (Å²) in [5, 5.41) is 2.66. The van der Waals surface area contributed by atoms with Crippen molar-refractivity contribution in [3.63, 3.8) is 0 Å². The number of alkyl halides is 1. The molecular weight excluding hydrogens is 248 g/mol. The molecule has 0 aromatic carbocycles. The average Bonchev–Trinajstić information content (AvgIpc) is 2.64. The van der Waals surface area contributed by atoms with Gasteiger partial charge in [0.25, 0.3) is 0 Å². The number of carbonyl (C=O) groups is 1. The van der Waals surface area contributed by atoms with Crippen LogP contribution in [-0.4, -0.2) is 43.0 Å². The molecule has 0 amide bonds. The summed E-state index contributed by atoms with van der Waals surface area (Å²) in [4.78, 5) is 17.8. The van der Waals surface area contributed by atoms with Gasteiger partial charge in [0.05, 0.1) is 12.5 Å². The molecule has 0 N–H and O–H groups in total. The number of ketones is 1. The summed E-state index contributed by atoms with van der Waals surface area (Å²) in [6.07, 6.45) is 0.998. The molecule has 0 atom stereocenters. The fraction of sp³-hybridized carbons (Fsp3) is 0.600. The summed E-state index contributed by atoms with van der Waals surface area (Å²) in [6, 6.07) is 0. The van der Waals surface area contributed by atoms with Crippen molar-refractivity contribution in [2.75, 3.05) is 37.1 Å². The van der Waals surface area contributed by atoms with E-state index < -0.39 is 0 Å². The first-order chi connectivity index (χ1) is 7.81. The number of aromatic nitrogens is 1. The summed E-state index contributed by atoms with van der Waals surface area (Å²) >= 11 is 6.98. The summed E-state index contributed by atoms with van der Waals surface area (Å²) in [5.74, 6) is -0.123. The van der Waals surface area contributed by atoms with Crippen molar-refractivity contribution in [2.45, 2.75) is 6.42 Å². The molecule has 1 aromatic rings. The predicted octanol–water partition coefficient (Wildman–Crippen LogP) is 1.79. The lowest BCUT2D eigenvalue weighted by Crippen LogP contribution is -2.25. The van der Waals surface area contributed by atoms with Gasteiger partial charge in [0, 0.05) is 25.1 Å². The Hall–Kier alpha value is -0.650. The van der Waals surface area contributed by atoms with Crippen molar-refractivity contribution in [1.29, 1.82) is 0 Å². The molecule has 2 rings (SSSR count). The Morgan fingerprint density at radius 1 is 1.56 bits per heavy atom. The number of carbonyl (C=O) groups excluding carboxylic acids is 1. The molecule has 16 heavy (non-hydrogen) atoms. The van der Waals surface area contributed by atoms with Crippen molar-refractivity contribution in [2.24, 2.45) is 0 Å². The van der Waals surface area contributed by atoms with Gasteiger partial charge in [-0.05, 0) is 6.42 Å². The lowest BCUT2D eigenvalue weighted by atomic mass is 10.3. The molecule has 1 aliphatic rings. The van der Waals surface area contributed by atoms with E-state index in [1.54, 1.807) is 5.38 Å². The van der Waals surface area contributed by atoms with Crippen LogP contribution in [0.2, 0.25) is 0 Å². The number of halogens is 1. The Morgan fingerprint density at radius 3 is 3.25 bits per heavy atom. The van der Waals surface area contributed by atoms with E-state index in [4.69, 9.17) is 16.3 Å². The minimum absolute atomic E-state index is 0.00765. The second kappa shape index (κ2) is 5.61. The summed E-state index contributed by atoms with van der Waals surface area (Å²) < 4.78 is 5.37. The van der Waals surface area contributed by atoms with Crippen molar-refractivity contribution < 1.29 is 9.53 Å². The molecule has 6 heteroatoms. The normalized spacial score (nSPS) is 17.2. The van der Waals surface area contributed by atoms with Gasteiger partial charge < -0.3 is 9.64 Å². The third-order valence-electron chi connectivity index (χ3n) is 2.39. The predicted molar refractivity (Wildman–Crippen MR) is 64.8 cm³/mol. The lowest BCUT2D eigenvalue weighted by molar-refractivity contribution is 0.101. The van der Waals surface area contributed by atoms with Crippen LogP contribution in [0.3, 0.4) is 0 Å². The summed E-state index contributed by atoms with van der Waals surface area (Å²) in [7, 11) is 0. The molecule has 1 aromatic heterocycles. The number of ether oxygens (including phenoxy) is 1. The van der Waals surface area contributed by atoms with E-state index in [-0.39, 0.29) is 11.7 Å². The van der Waals surface area contributed by atoms with Crippen LogP contribution in [0.5, 0.6) is 0 Å². The van der Waals surface area contributed by atoms with Gasteiger partial charge in [-0.15, -0.1) is 22.9 Å². The number of anilines is 1. The van der Waals surface area contributed by atoms with Crippen LogP contribution in [0.4, 0.5) is 5.13 Å². The van der Waals surface area contributed by atoms with Gasteiger partial charge in [-0.1, -0.05) is 0 Å². The highest BCUT2D eigenvalue weighted by Crippen LogP contribution is 2.21. The lowest BCUT2D eigenvalue weighted by Gasteiger charge is -2.17. The number of Topliss-reactive ketones (excluding diaryl/α,β-unsaturated/α-hetero) is 1. The van der Waals surface area contributed by atoms with Crippen LogP contribution in [0.25, 0.3) is 0 Å². The monoisotopic (exact) mass is 260 g/mol. The molecule has 0 unspecified atom stereocenters. The molecule has 0 spiro atoms. The van der Waals surface area contributed by atoms with E-state index in [2.05, 4.69) is 9.88 Å². The van der Waals surface area contributed by atoms with E-state index in [1.807, 2.05) is 0 Å². The van der Waals surface area contributed by atoms with Crippen LogP contribution in [-0.2, 0) is 4.74 Å². The van der Waals surface area contributed by atoms with Gasteiger partial charge >= 0.3 is 0 Å². The number of thiazole rings is 1. The third-order valence-corrected chi connectivity index (χ3v) is 3.54. The zero-order valence-electron chi connectivity index (χ0n) is 8.82. The number of nitrogens with zero attached hydrogens (tertiary/aromatic N) is 2. The molecule has 0 bridgehead atoms. The fourth-order valence-corrected chi connectivity index (χ4v) is 2.56. The van der Waals surface area contributed by atoms with Crippen molar-refractivity contribution in [1.82, 2.24) is 4.98 Å². The van der Waals surface area contributed by atoms with Gasteiger partial charge in [0.15, 0.2) is 10.9 Å². The molecule has 0 aliphatic carbocycles. The van der Waals surface area contributed by atoms with Crippen molar-refractivity contribution in [3.8, 4) is 0 Å². The first-order valence-corrected chi connectivity index (χ1v) is 6.60. The van der Waals surface area contributed by atoms with E-state index >= 15 is 0 Å². The van der Waals surface area contributed by atoms with Crippen molar-refractivity contribution in [3.05, 3.63) is 11.1 Å². The Bertz CT molecular complexity index is 361. The van der Waals surface area contributed by atoms with Crippen molar-refractivity contribution >= 4 is 33.9 Å². The van der Waals surface area contributed by atoms with E-state index in [0.29, 0.717) is 5.69 Å². The molecule has 4 nitrogen and oxygen atoms in total.